The van der Waals surface area contributed by atoms with E-state index in [2.05, 4.69) is 0 Å². The molecule has 1 fully saturated rings. The molecule has 22 heavy (non-hydrogen) atoms. The highest BCUT2D eigenvalue weighted by Crippen LogP contribution is 2.31. The minimum absolute atomic E-state index is 0.0207. The van der Waals surface area contributed by atoms with E-state index in [-0.39, 0.29) is 24.8 Å². The number of carbonyl (C=O) groups excluding carboxylic acids is 1. The van der Waals surface area contributed by atoms with Gasteiger partial charge in [-0.2, -0.15) is 0 Å². The van der Waals surface area contributed by atoms with E-state index in [0.717, 1.165) is 18.4 Å². The second-order valence-electron chi connectivity index (χ2n) is 5.64. The molecule has 0 saturated carbocycles. The van der Waals surface area contributed by atoms with Gasteiger partial charge in [-0.1, -0.05) is 6.07 Å². The number of rotatable bonds is 4. The van der Waals surface area contributed by atoms with E-state index in [4.69, 9.17) is 14.6 Å². The molecule has 1 N–H and O–H groups in total. The highest BCUT2D eigenvalue weighted by molar-refractivity contribution is 5.80. The summed E-state index contributed by atoms with van der Waals surface area (Å²) < 4.78 is 11.0. The van der Waals surface area contributed by atoms with Gasteiger partial charge >= 0.3 is 5.97 Å². The Morgan fingerprint density at radius 1 is 1.23 bits per heavy atom. The molecular formula is C16H19NO5. The minimum atomic E-state index is -0.857. The first-order valence-electron chi connectivity index (χ1n) is 7.53. The summed E-state index contributed by atoms with van der Waals surface area (Å²) in [5.41, 5.74) is 0.857. The molecule has 3 rings (SSSR count). The van der Waals surface area contributed by atoms with Gasteiger partial charge in [-0.05, 0) is 30.5 Å². The highest BCUT2D eigenvalue weighted by Gasteiger charge is 2.30. The van der Waals surface area contributed by atoms with Crippen LogP contribution >= 0.6 is 0 Å². The summed E-state index contributed by atoms with van der Waals surface area (Å²) in [6.45, 7) is 1.69. The second kappa shape index (κ2) is 6.25. The Labute approximate surface area is 128 Å². The van der Waals surface area contributed by atoms with Gasteiger partial charge in [0.1, 0.15) is 13.2 Å². The molecule has 1 amide bonds. The zero-order valence-corrected chi connectivity index (χ0v) is 12.3. The topological polar surface area (TPSA) is 76.1 Å². The molecule has 0 aliphatic carbocycles. The second-order valence-corrected chi connectivity index (χ2v) is 5.64. The number of fused-ring (bicyclic) bond motifs is 1. The lowest BCUT2D eigenvalue weighted by Gasteiger charge is -2.24. The first-order chi connectivity index (χ1) is 10.6. The summed E-state index contributed by atoms with van der Waals surface area (Å²) >= 11 is 0. The van der Waals surface area contributed by atoms with Gasteiger partial charge in [0.2, 0.25) is 5.91 Å². The summed E-state index contributed by atoms with van der Waals surface area (Å²) in [5.74, 6) is 0.483. The van der Waals surface area contributed by atoms with Crippen LogP contribution in [-0.2, 0) is 16.0 Å². The molecule has 0 radical (unpaired) electrons. The van der Waals surface area contributed by atoms with Crippen LogP contribution < -0.4 is 9.47 Å². The molecule has 6 heteroatoms. The van der Waals surface area contributed by atoms with Crippen molar-refractivity contribution in [2.75, 3.05) is 19.8 Å². The van der Waals surface area contributed by atoms with Crippen LogP contribution in [0.4, 0.5) is 0 Å². The van der Waals surface area contributed by atoms with Crippen molar-refractivity contribution in [1.29, 1.82) is 0 Å². The maximum Gasteiger partial charge on any atom is 0.305 e. The molecule has 0 bridgehead atoms. The smallest absolute Gasteiger partial charge is 0.305 e. The van der Waals surface area contributed by atoms with Crippen molar-refractivity contribution in [3.63, 3.8) is 0 Å². The van der Waals surface area contributed by atoms with Gasteiger partial charge in [0.05, 0.1) is 12.8 Å². The van der Waals surface area contributed by atoms with Crippen LogP contribution in [0.2, 0.25) is 0 Å². The van der Waals surface area contributed by atoms with E-state index >= 15 is 0 Å². The van der Waals surface area contributed by atoms with Crippen LogP contribution in [0, 0.1) is 0 Å². The fourth-order valence-corrected chi connectivity index (χ4v) is 3.05. The fourth-order valence-electron chi connectivity index (χ4n) is 3.05. The van der Waals surface area contributed by atoms with Crippen LogP contribution in [-0.4, -0.2) is 47.7 Å². The quantitative estimate of drug-likeness (QED) is 0.911. The van der Waals surface area contributed by atoms with Crippen molar-refractivity contribution in [3.05, 3.63) is 23.8 Å². The molecule has 2 aliphatic heterocycles. The summed E-state index contributed by atoms with van der Waals surface area (Å²) in [7, 11) is 0. The predicted octanol–water partition coefficient (Wildman–Crippen LogP) is 1.47. The third kappa shape index (κ3) is 3.16. The largest absolute Gasteiger partial charge is 0.486 e. The zero-order chi connectivity index (χ0) is 15.5. The van der Waals surface area contributed by atoms with Gasteiger partial charge in [-0.15, -0.1) is 0 Å². The molecule has 1 unspecified atom stereocenters. The summed E-state index contributed by atoms with van der Waals surface area (Å²) in [5, 5.41) is 8.93. The molecule has 0 aromatic heterocycles. The first-order valence-corrected chi connectivity index (χ1v) is 7.53. The van der Waals surface area contributed by atoms with E-state index in [1.807, 2.05) is 18.2 Å². The highest BCUT2D eigenvalue weighted by atomic mass is 16.6. The lowest BCUT2D eigenvalue weighted by atomic mass is 10.1. The van der Waals surface area contributed by atoms with Crippen molar-refractivity contribution in [2.45, 2.75) is 31.7 Å². The average Bonchev–Trinajstić information content (AvgIpc) is 2.94. The van der Waals surface area contributed by atoms with Gasteiger partial charge in [-0.3, -0.25) is 9.59 Å². The monoisotopic (exact) mass is 305 g/mol. The van der Waals surface area contributed by atoms with Crippen LogP contribution in [0.15, 0.2) is 18.2 Å². The molecule has 6 nitrogen and oxygen atoms in total. The first kappa shape index (κ1) is 14.7. The van der Waals surface area contributed by atoms with E-state index in [1.165, 1.54) is 0 Å². The Balaban J connectivity index is 1.67. The Morgan fingerprint density at radius 3 is 2.77 bits per heavy atom. The molecule has 1 saturated heterocycles. The Kier molecular flexibility index (Phi) is 4.18. The Hall–Kier alpha value is -2.24. The predicted molar refractivity (Wildman–Crippen MR) is 78.1 cm³/mol. The lowest BCUT2D eigenvalue weighted by Crippen LogP contribution is -2.37. The van der Waals surface area contributed by atoms with Crippen LogP contribution in [0.1, 0.15) is 24.8 Å². The summed E-state index contributed by atoms with van der Waals surface area (Å²) in [6.07, 6.45) is 1.91. The maximum absolute atomic E-state index is 12.4. The molecule has 1 aromatic rings. The normalized spacial score (nSPS) is 20.0. The van der Waals surface area contributed by atoms with Gasteiger partial charge in [0.25, 0.3) is 0 Å². The third-order valence-corrected chi connectivity index (χ3v) is 4.07. The van der Waals surface area contributed by atoms with Gasteiger partial charge in [0, 0.05) is 12.6 Å². The van der Waals surface area contributed by atoms with Crippen LogP contribution in [0.25, 0.3) is 0 Å². The molecule has 118 valence electrons. The fraction of sp³-hybridized carbons (Fsp3) is 0.500. The molecule has 2 aliphatic rings. The molecule has 1 aromatic carbocycles. The van der Waals surface area contributed by atoms with Crippen LogP contribution in [0.5, 0.6) is 11.5 Å². The number of hydrogen-bond acceptors (Lipinski definition) is 4. The number of benzene rings is 1. The van der Waals surface area contributed by atoms with Gasteiger partial charge in [-0.25, -0.2) is 0 Å². The van der Waals surface area contributed by atoms with Crippen molar-refractivity contribution in [1.82, 2.24) is 4.90 Å². The number of ether oxygens (including phenoxy) is 2. The molecule has 1 atom stereocenters. The van der Waals surface area contributed by atoms with E-state index in [9.17, 15) is 9.59 Å². The average molecular weight is 305 g/mol. The molecule has 0 spiro atoms. The van der Waals surface area contributed by atoms with E-state index in [1.54, 1.807) is 4.90 Å². The van der Waals surface area contributed by atoms with Gasteiger partial charge < -0.3 is 19.5 Å². The number of carbonyl (C=O) groups is 2. The number of aliphatic carboxylic acids is 1. The minimum Gasteiger partial charge on any atom is -0.486 e. The molecular weight excluding hydrogens is 286 g/mol. The molecule has 2 heterocycles. The number of amides is 1. The third-order valence-electron chi connectivity index (χ3n) is 4.07. The SMILES string of the molecule is O=C(O)CC1CCCN1C(=O)Cc1ccc2c(c1)OCCO2. The number of likely N-dealkylation sites (tertiary alicyclic amines) is 1. The van der Waals surface area contributed by atoms with Crippen molar-refractivity contribution < 1.29 is 24.2 Å². The Morgan fingerprint density at radius 2 is 2.00 bits per heavy atom. The Bertz CT molecular complexity index is 586. The van der Waals surface area contributed by atoms with Crippen molar-refractivity contribution >= 4 is 11.9 Å². The van der Waals surface area contributed by atoms with Crippen molar-refractivity contribution in [3.8, 4) is 11.5 Å². The zero-order valence-electron chi connectivity index (χ0n) is 12.3. The standard InChI is InChI=1S/C16H19NO5/c18-15(17-5-1-2-12(17)10-16(19)20)9-11-3-4-13-14(8-11)22-7-6-21-13/h3-4,8,12H,1-2,5-7,9-10H2,(H,19,20). The van der Waals surface area contributed by atoms with Crippen molar-refractivity contribution in [2.24, 2.45) is 0 Å². The maximum atomic E-state index is 12.4. The summed E-state index contributed by atoms with van der Waals surface area (Å²) in [4.78, 5) is 25.0. The number of hydrogen-bond donors (Lipinski definition) is 1. The van der Waals surface area contributed by atoms with E-state index in [0.29, 0.717) is 31.3 Å². The number of nitrogens with zero attached hydrogens (tertiary/aromatic N) is 1. The number of carboxylic acid groups (broad SMARTS) is 1. The number of carboxylic acids is 1. The summed E-state index contributed by atoms with van der Waals surface area (Å²) in [6, 6.07) is 5.32. The lowest BCUT2D eigenvalue weighted by molar-refractivity contribution is -0.139. The van der Waals surface area contributed by atoms with Gasteiger partial charge in [0.15, 0.2) is 11.5 Å². The van der Waals surface area contributed by atoms with E-state index < -0.39 is 5.97 Å². The van der Waals surface area contributed by atoms with Crippen LogP contribution in [0.3, 0.4) is 0 Å².